The molecule has 1 aromatic heterocycles. The van der Waals surface area contributed by atoms with Crippen LogP contribution in [0.25, 0.3) is 0 Å². The number of carboxylic acids is 1. The predicted octanol–water partition coefficient (Wildman–Crippen LogP) is 3.49. The molecule has 0 radical (unpaired) electrons. The lowest BCUT2D eigenvalue weighted by Gasteiger charge is -2.13. The fraction of sp³-hybridized carbons (Fsp3) is 0.154. The third kappa shape index (κ3) is 4.02. The quantitative estimate of drug-likeness (QED) is 0.768. The van der Waals surface area contributed by atoms with Crippen LogP contribution < -0.4 is 10.6 Å². The average molecular weight is 370 g/mol. The van der Waals surface area contributed by atoms with E-state index in [1.54, 1.807) is 18.3 Å². The molecule has 3 N–H and O–H groups in total. The number of rotatable bonds is 4. The van der Waals surface area contributed by atoms with Gasteiger partial charge in [0.25, 0.3) is 0 Å². The number of halogens is 1. The standard InChI is InChI=1S/C13H12BrN3O3S/c1-7(11-15-4-5-21-11)16-13(20)17-8-2-3-10(14)9(6-8)12(18)19/h2-7H,1H3,(H,18,19)(H2,16,17,20). The minimum absolute atomic E-state index is 0.0840. The minimum atomic E-state index is -1.07. The summed E-state index contributed by atoms with van der Waals surface area (Å²) in [4.78, 5) is 27.0. The van der Waals surface area contributed by atoms with Gasteiger partial charge in [0.15, 0.2) is 0 Å². The van der Waals surface area contributed by atoms with Crippen molar-refractivity contribution < 1.29 is 14.7 Å². The van der Waals surface area contributed by atoms with Crippen LogP contribution in [0.5, 0.6) is 0 Å². The minimum Gasteiger partial charge on any atom is -0.478 e. The first kappa shape index (κ1) is 15.5. The van der Waals surface area contributed by atoms with Gasteiger partial charge in [-0.2, -0.15) is 0 Å². The van der Waals surface area contributed by atoms with Crippen LogP contribution in [0, 0.1) is 0 Å². The summed E-state index contributed by atoms with van der Waals surface area (Å²) in [6, 6.07) is 3.93. The van der Waals surface area contributed by atoms with Crippen LogP contribution in [0.2, 0.25) is 0 Å². The van der Waals surface area contributed by atoms with E-state index in [9.17, 15) is 9.59 Å². The molecule has 2 amide bonds. The average Bonchev–Trinajstić information content (AvgIpc) is 2.94. The van der Waals surface area contributed by atoms with Gasteiger partial charge in [-0.05, 0) is 41.1 Å². The summed E-state index contributed by atoms with van der Waals surface area (Å²) >= 11 is 4.60. The van der Waals surface area contributed by atoms with E-state index < -0.39 is 12.0 Å². The Hall–Kier alpha value is -1.93. The number of carbonyl (C=O) groups excluding carboxylic acids is 1. The van der Waals surface area contributed by atoms with E-state index in [4.69, 9.17) is 5.11 Å². The molecule has 0 saturated carbocycles. The lowest BCUT2D eigenvalue weighted by atomic mass is 10.2. The van der Waals surface area contributed by atoms with Crippen molar-refractivity contribution in [1.82, 2.24) is 10.3 Å². The van der Waals surface area contributed by atoms with Crippen molar-refractivity contribution in [3.8, 4) is 0 Å². The number of aromatic nitrogens is 1. The maximum absolute atomic E-state index is 11.9. The van der Waals surface area contributed by atoms with Gasteiger partial charge in [-0.15, -0.1) is 11.3 Å². The second-order valence-corrected chi connectivity index (χ2v) is 5.97. The Morgan fingerprint density at radius 3 is 2.81 bits per heavy atom. The summed E-state index contributed by atoms with van der Waals surface area (Å²) in [5.74, 6) is -1.07. The summed E-state index contributed by atoms with van der Waals surface area (Å²) in [5.41, 5.74) is 0.486. The number of aromatic carboxylic acids is 1. The van der Waals surface area contributed by atoms with Crippen molar-refractivity contribution in [2.45, 2.75) is 13.0 Å². The number of anilines is 1. The molecule has 1 unspecified atom stereocenters. The zero-order valence-corrected chi connectivity index (χ0v) is 13.4. The first-order valence-corrected chi connectivity index (χ1v) is 7.64. The SMILES string of the molecule is CC(NC(=O)Nc1ccc(Br)c(C(=O)O)c1)c1nccs1. The Labute approximate surface area is 133 Å². The van der Waals surface area contributed by atoms with Gasteiger partial charge < -0.3 is 15.7 Å². The monoisotopic (exact) mass is 369 g/mol. The van der Waals surface area contributed by atoms with Crippen LogP contribution in [0.4, 0.5) is 10.5 Å². The van der Waals surface area contributed by atoms with Crippen LogP contribution in [-0.2, 0) is 0 Å². The van der Waals surface area contributed by atoms with Gasteiger partial charge in [0.05, 0.1) is 11.6 Å². The molecule has 1 heterocycles. The highest BCUT2D eigenvalue weighted by atomic mass is 79.9. The lowest BCUT2D eigenvalue weighted by molar-refractivity contribution is 0.0696. The van der Waals surface area contributed by atoms with Gasteiger partial charge in [-0.25, -0.2) is 14.6 Å². The Balaban J connectivity index is 2.03. The molecule has 0 aliphatic rings. The van der Waals surface area contributed by atoms with Crippen LogP contribution in [0.15, 0.2) is 34.2 Å². The summed E-state index contributed by atoms with van der Waals surface area (Å²) < 4.78 is 0.456. The van der Waals surface area contributed by atoms with Crippen LogP contribution >= 0.6 is 27.3 Å². The highest BCUT2D eigenvalue weighted by Crippen LogP contribution is 2.21. The Morgan fingerprint density at radius 1 is 1.43 bits per heavy atom. The van der Waals surface area contributed by atoms with Gasteiger partial charge >= 0.3 is 12.0 Å². The van der Waals surface area contributed by atoms with Crippen molar-refractivity contribution in [2.24, 2.45) is 0 Å². The molecule has 8 heteroatoms. The largest absolute Gasteiger partial charge is 0.478 e. The number of thiazole rings is 1. The molecule has 1 atom stereocenters. The van der Waals surface area contributed by atoms with Gasteiger partial charge in [0.2, 0.25) is 0 Å². The molecule has 1 aromatic carbocycles. The van der Waals surface area contributed by atoms with Crippen molar-refractivity contribution in [1.29, 1.82) is 0 Å². The maximum atomic E-state index is 11.9. The van der Waals surface area contributed by atoms with Crippen LogP contribution in [0.3, 0.4) is 0 Å². The molecule has 2 rings (SSSR count). The van der Waals surface area contributed by atoms with E-state index in [0.717, 1.165) is 5.01 Å². The molecule has 0 bridgehead atoms. The van der Waals surface area contributed by atoms with Gasteiger partial charge in [0, 0.05) is 21.7 Å². The molecule has 21 heavy (non-hydrogen) atoms. The van der Waals surface area contributed by atoms with E-state index in [2.05, 4.69) is 31.5 Å². The second kappa shape index (κ2) is 6.68. The van der Waals surface area contributed by atoms with Crippen LogP contribution in [0.1, 0.15) is 28.3 Å². The number of carbonyl (C=O) groups is 2. The molecular weight excluding hydrogens is 358 g/mol. The number of nitrogens with zero attached hydrogens (tertiary/aromatic N) is 1. The zero-order chi connectivity index (χ0) is 15.4. The Morgan fingerprint density at radius 2 is 2.19 bits per heavy atom. The van der Waals surface area contributed by atoms with Gasteiger partial charge in [-0.3, -0.25) is 0 Å². The van der Waals surface area contributed by atoms with Crippen LogP contribution in [-0.4, -0.2) is 22.1 Å². The highest BCUT2D eigenvalue weighted by molar-refractivity contribution is 9.10. The second-order valence-electron chi connectivity index (χ2n) is 4.19. The first-order valence-electron chi connectivity index (χ1n) is 5.97. The van der Waals surface area contributed by atoms with Crippen molar-refractivity contribution in [3.63, 3.8) is 0 Å². The topological polar surface area (TPSA) is 91.3 Å². The summed E-state index contributed by atoms with van der Waals surface area (Å²) in [5, 5.41) is 17.0. The summed E-state index contributed by atoms with van der Waals surface area (Å²) in [7, 11) is 0. The number of benzene rings is 1. The number of hydrogen-bond donors (Lipinski definition) is 3. The van der Waals surface area contributed by atoms with E-state index in [-0.39, 0.29) is 11.6 Å². The van der Waals surface area contributed by atoms with Crippen molar-refractivity contribution in [2.75, 3.05) is 5.32 Å². The van der Waals surface area contributed by atoms with Crippen molar-refractivity contribution in [3.05, 3.63) is 44.8 Å². The Kier molecular flexibility index (Phi) is 4.92. The molecule has 0 saturated heterocycles. The molecule has 0 aliphatic carbocycles. The van der Waals surface area contributed by atoms with Gasteiger partial charge in [-0.1, -0.05) is 0 Å². The smallest absolute Gasteiger partial charge is 0.336 e. The van der Waals surface area contributed by atoms with E-state index >= 15 is 0 Å². The number of hydrogen-bond acceptors (Lipinski definition) is 4. The summed E-state index contributed by atoms with van der Waals surface area (Å²) in [6.07, 6.45) is 1.67. The third-order valence-corrected chi connectivity index (χ3v) is 4.27. The highest BCUT2D eigenvalue weighted by Gasteiger charge is 2.13. The molecule has 2 aromatic rings. The first-order chi connectivity index (χ1) is 9.97. The Bertz CT molecular complexity index is 661. The van der Waals surface area contributed by atoms with E-state index in [1.165, 1.54) is 17.4 Å². The molecule has 0 fully saturated rings. The molecule has 6 nitrogen and oxygen atoms in total. The maximum Gasteiger partial charge on any atom is 0.336 e. The zero-order valence-electron chi connectivity index (χ0n) is 11.0. The van der Waals surface area contributed by atoms with Crippen molar-refractivity contribution >= 4 is 45.0 Å². The normalized spacial score (nSPS) is 11.7. The fourth-order valence-corrected chi connectivity index (χ4v) is 2.70. The molecule has 0 spiro atoms. The number of nitrogens with one attached hydrogen (secondary N) is 2. The third-order valence-electron chi connectivity index (χ3n) is 2.62. The number of amides is 2. The fourth-order valence-electron chi connectivity index (χ4n) is 1.64. The van der Waals surface area contributed by atoms with E-state index in [0.29, 0.717) is 10.2 Å². The number of carboxylic acid groups (broad SMARTS) is 1. The van der Waals surface area contributed by atoms with E-state index in [1.807, 2.05) is 12.3 Å². The molecule has 110 valence electrons. The lowest BCUT2D eigenvalue weighted by Crippen LogP contribution is -2.31. The molecule has 0 aliphatic heterocycles. The summed E-state index contributed by atoms with van der Waals surface area (Å²) in [6.45, 7) is 1.82. The molecular formula is C13H12BrN3O3S. The number of urea groups is 1. The van der Waals surface area contributed by atoms with Gasteiger partial charge in [0.1, 0.15) is 5.01 Å². The predicted molar refractivity (Wildman–Crippen MR) is 83.8 cm³/mol.